The Balaban J connectivity index is 1.15. The lowest BCUT2D eigenvalue weighted by atomic mass is 9.93. The summed E-state index contributed by atoms with van der Waals surface area (Å²) in [6, 6.07) is 15.9. The average molecular weight is 465 g/mol. The van der Waals surface area contributed by atoms with E-state index in [1.54, 1.807) is 4.90 Å². The van der Waals surface area contributed by atoms with Crippen LogP contribution in [-0.4, -0.2) is 66.4 Å². The molecule has 0 aromatic heterocycles. The fraction of sp³-hybridized carbons (Fsp3) is 0.423. The van der Waals surface area contributed by atoms with E-state index in [0.717, 1.165) is 22.3 Å². The lowest BCUT2D eigenvalue weighted by molar-refractivity contribution is -0.148. The molecule has 0 spiro atoms. The van der Waals surface area contributed by atoms with Crippen LogP contribution in [0.25, 0.3) is 11.1 Å². The summed E-state index contributed by atoms with van der Waals surface area (Å²) in [5.41, 5.74) is 4.62. The molecule has 2 atom stereocenters. The van der Waals surface area contributed by atoms with E-state index in [-0.39, 0.29) is 30.8 Å². The van der Waals surface area contributed by atoms with Crippen LogP contribution in [0.4, 0.5) is 4.79 Å². The Morgan fingerprint density at radius 2 is 1.68 bits per heavy atom. The Labute approximate surface area is 197 Å². The van der Waals surface area contributed by atoms with Gasteiger partial charge in [-0.3, -0.25) is 9.59 Å². The Morgan fingerprint density at radius 3 is 2.32 bits per heavy atom. The SMILES string of the molecule is O=C(O)CCC1CN(C(=O)C2OCCC2NC(=O)OCC2c3ccccc3-c3ccccc32)C1. The van der Waals surface area contributed by atoms with Crippen molar-refractivity contribution in [1.29, 1.82) is 0 Å². The smallest absolute Gasteiger partial charge is 0.407 e. The number of carbonyl (C=O) groups excluding carboxylic acids is 2. The molecule has 2 aromatic rings. The van der Waals surface area contributed by atoms with Gasteiger partial charge in [0, 0.05) is 32.0 Å². The summed E-state index contributed by atoms with van der Waals surface area (Å²) in [6.45, 7) is 1.66. The first-order valence-electron chi connectivity index (χ1n) is 11.7. The third kappa shape index (κ3) is 4.37. The minimum atomic E-state index is -0.823. The number of carbonyl (C=O) groups is 3. The molecule has 8 heteroatoms. The first-order valence-corrected chi connectivity index (χ1v) is 11.7. The molecule has 2 saturated heterocycles. The molecule has 0 saturated carbocycles. The molecule has 34 heavy (non-hydrogen) atoms. The van der Waals surface area contributed by atoms with E-state index in [4.69, 9.17) is 14.6 Å². The highest BCUT2D eigenvalue weighted by Gasteiger charge is 2.42. The van der Waals surface area contributed by atoms with Crippen LogP contribution in [0.5, 0.6) is 0 Å². The highest BCUT2D eigenvalue weighted by Crippen LogP contribution is 2.44. The normalized spacial score (nSPS) is 21.5. The monoisotopic (exact) mass is 464 g/mol. The molecular formula is C26H28N2O6. The van der Waals surface area contributed by atoms with E-state index in [1.165, 1.54) is 0 Å². The number of fused-ring (bicyclic) bond motifs is 3. The Kier molecular flexibility index (Phi) is 6.24. The molecule has 2 aromatic carbocycles. The van der Waals surface area contributed by atoms with Gasteiger partial charge in [0.25, 0.3) is 5.91 Å². The summed E-state index contributed by atoms with van der Waals surface area (Å²) in [4.78, 5) is 37.9. The third-order valence-corrected chi connectivity index (χ3v) is 7.02. The number of benzene rings is 2. The summed E-state index contributed by atoms with van der Waals surface area (Å²) in [6.07, 6.45) is -0.0827. The maximum absolute atomic E-state index is 12.8. The zero-order valence-electron chi connectivity index (χ0n) is 18.8. The number of hydrogen-bond donors (Lipinski definition) is 2. The largest absolute Gasteiger partial charge is 0.481 e. The van der Waals surface area contributed by atoms with Crippen molar-refractivity contribution < 1.29 is 29.0 Å². The lowest BCUT2D eigenvalue weighted by Gasteiger charge is -2.41. The van der Waals surface area contributed by atoms with Crippen LogP contribution in [0.1, 0.15) is 36.3 Å². The molecule has 178 valence electrons. The number of likely N-dealkylation sites (tertiary alicyclic amines) is 1. The second-order valence-corrected chi connectivity index (χ2v) is 9.20. The van der Waals surface area contributed by atoms with Gasteiger partial charge in [0.1, 0.15) is 6.61 Å². The molecular weight excluding hydrogens is 436 g/mol. The number of ether oxygens (including phenoxy) is 2. The van der Waals surface area contributed by atoms with Gasteiger partial charge < -0.3 is 24.8 Å². The van der Waals surface area contributed by atoms with Crippen molar-refractivity contribution >= 4 is 18.0 Å². The Bertz CT molecular complexity index is 1050. The Hall–Kier alpha value is -3.39. The topological polar surface area (TPSA) is 105 Å². The predicted molar refractivity (Wildman–Crippen MR) is 123 cm³/mol. The maximum atomic E-state index is 12.8. The van der Waals surface area contributed by atoms with Crippen molar-refractivity contribution in [2.24, 2.45) is 5.92 Å². The summed E-state index contributed by atoms with van der Waals surface area (Å²) < 4.78 is 11.2. The van der Waals surface area contributed by atoms with Gasteiger partial charge in [-0.25, -0.2) is 4.79 Å². The minimum absolute atomic E-state index is 0.0285. The zero-order valence-corrected chi connectivity index (χ0v) is 18.8. The first kappa shape index (κ1) is 22.4. The van der Waals surface area contributed by atoms with Crippen LogP contribution >= 0.6 is 0 Å². The number of rotatable bonds is 7. The van der Waals surface area contributed by atoms with E-state index in [0.29, 0.717) is 32.5 Å². The summed E-state index contributed by atoms with van der Waals surface area (Å²) >= 11 is 0. The van der Waals surface area contributed by atoms with Crippen LogP contribution in [0.15, 0.2) is 48.5 Å². The van der Waals surface area contributed by atoms with Crippen LogP contribution in [0, 0.1) is 5.92 Å². The quantitative estimate of drug-likeness (QED) is 0.653. The molecule has 5 rings (SSSR count). The van der Waals surface area contributed by atoms with Crippen molar-refractivity contribution in [3.63, 3.8) is 0 Å². The molecule has 2 unspecified atom stereocenters. The second kappa shape index (κ2) is 9.46. The molecule has 3 aliphatic rings. The third-order valence-electron chi connectivity index (χ3n) is 7.02. The maximum Gasteiger partial charge on any atom is 0.407 e. The van der Waals surface area contributed by atoms with Gasteiger partial charge in [-0.1, -0.05) is 48.5 Å². The molecule has 2 aliphatic heterocycles. The number of carboxylic acids is 1. The van der Waals surface area contributed by atoms with Crippen molar-refractivity contribution in [2.45, 2.75) is 37.3 Å². The lowest BCUT2D eigenvalue weighted by Crippen LogP contribution is -2.57. The summed E-state index contributed by atoms with van der Waals surface area (Å²) in [5, 5.41) is 11.6. The highest BCUT2D eigenvalue weighted by molar-refractivity contribution is 5.84. The number of alkyl carbamates (subject to hydrolysis) is 1. The van der Waals surface area contributed by atoms with E-state index >= 15 is 0 Å². The van der Waals surface area contributed by atoms with Crippen LogP contribution in [0.3, 0.4) is 0 Å². The van der Waals surface area contributed by atoms with E-state index in [1.807, 2.05) is 24.3 Å². The van der Waals surface area contributed by atoms with E-state index in [9.17, 15) is 14.4 Å². The predicted octanol–water partition coefficient (Wildman–Crippen LogP) is 3.01. The Morgan fingerprint density at radius 1 is 1.03 bits per heavy atom. The minimum Gasteiger partial charge on any atom is -0.481 e. The molecule has 2 N–H and O–H groups in total. The number of aliphatic carboxylic acids is 1. The van der Waals surface area contributed by atoms with Crippen molar-refractivity contribution in [1.82, 2.24) is 10.2 Å². The number of nitrogens with one attached hydrogen (secondary N) is 1. The van der Waals surface area contributed by atoms with Gasteiger partial charge >= 0.3 is 12.1 Å². The van der Waals surface area contributed by atoms with Crippen molar-refractivity contribution in [3.05, 3.63) is 59.7 Å². The highest BCUT2D eigenvalue weighted by atomic mass is 16.6. The second-order valence-electron chi connectivity index (χ2n) is 9.20. The van der Waals surface area contributed by atoms with Crippen molar-refractivity contribution in [2.75, 3.05) is 26.3 Å². The van der Waals surface area contributed by atoms with Crippen LogP contribution in [0.2, 0.25) is 0 Å². The average Bonchev–Trinajstić information content (AvgIpc) is 3.39. The molecule has 0 bridgehead atoms. The standard InChI is InChI=1S/C26H28N2O6/c29-23(30)10-9-16-13-28(14-16)25(31)24-22(11-12-33-24)27-26(32)34-15-21-19-7-3-1-5-17(19)18-6-2-4-8-20(18)21/h1-8,16,21-22,24H,9-15H2,(H,27,32)(H,29,30). The van der Waals surface area contributed by atoms with Gasteiger partial charge in [0.05, 0.1) is 6.04 Å². The number of nitrogens with zero attached hydrogens (tertiary/aromatic N) is 1. The van der Waals surface area contributed by atoms with E-state index in [2.05, 4.69) is 29.6 Å². The van der Waals surface area contributed by atoms with Gasteiger partial charge in [-0.05, 0) is 41.0 Å². The number of carboxylic acid groups (broad SMARTS) is 1. The van der Waals surface area contributed by atoms with Crippen LogP contribution < -0.4 is 5.32 Å². The molecule has 8 nitrogen and oxygen atoms in total. The summed E-state index contributed by atoms with van der Waals surface area (Å²) in [7, 11) is 0. The van der Waals surface area contributed by atoms with Gasteiger partial charge in [-0.15, -0.1) is 0 Å². The fourth-order valence-electron chi connectivity index (χ4n) is 5.21. The molecule has 2 fully saturated rings. The zero-order chi connectivity index (χ0) is 23.7. The number of hydrogen-bond acceptors (Lipinski definition) is 5. The first-order chi connectivity index (χ1) is 16.5. The summed E-state index contributed by atoms with van der Waals surface area (Å²) in [5.74, 6) is -0.807. The van der Waals surface area contributed by atoms with Gasteiger partial charge in [0.15, 0.2) is 6.10 Å². The van der Waals surface area contributed by atoms with E-state index < -0.39 is 24.2 Å². The molecule has 1 aliphatic carbocycles. The van der Waals surface area contributed by atoms with Gasteiger partial charge in [-0.2, -0.15) is 0 Å². The fourth-order valence-corrected chi connectivity index (χ4v) is 5.21. The van der Waals surface area contributed by atoms with Crippen LogP contribution in [-0.2, 0) is 19.1 Å². The number of amides is 2. The molecule has 0 radical (unpaired) electrons. The van der Waals surface area contributed by atoms with Gasteiger partial charge in [0.2, 0.25) is 0 Å². The molecule has 2 amide bonds. The van der Waals surface area contributed by atoms with Crippen molar-refractivity contribution in [3.8, 4) is 11.1 Å². The molecule has 2 heterocycles.